The molecule has 3 aromatic heterocycles. The van der Waals surface area contributed by atoms with Gasteiger partial charge in [0.05, 0.1) is 25.9 Å². The fourth-order valence-corrected chi connectivity index (χ4v) is 8.22. The summed E-state index contributed by atoms with van der Waals surface area (Å²) >= 11 is 0. The van der Waals surface area contributed by atoms with Crippen LogP contribution in [0.3, 0.4) is 0 Å². The fraction of sp³-hybridized carbons (Fsp3) is 0.586. The molecule has 25 nitrogen and oxygen atoms in total. The number of rotatable bonds is 14. The molecular formula is C29H39N7O18P2. The zero-order valence-corrected chi connectivity index (χ0v) is 31.3. The van der Waals surface area contributed by atoms with E-state index in [9.17, 15) is 53.1 Å². The maximum absolute atomic E-state index is 13.2. The number of phosphoric acid groups is 2. The van der Waals surface area contributed by atoms with Crippen LogP contribution in [0.5, 0.6) is 0 Å². The molecular weight excluding hydrogens is 796 g/mol. The van der Waals surface area contributed by atoms with Gasteiger partial charge in [0, 0.05) is 49.0 Å². The number of nitrogens with zero attached hydrogens (tertiary/aromatic N) is 4. The van der Waals surface area contributed by atoms with Crippen LogP contribution in [0.1, 0.15) is 49.1 Å². The maximum atomic E-state index is 13.2. The molecule has 308 valence electrons. The quantitative estimate of drug-likeness (QED) is 0.0844. The van der Waals surface area contributed by atoms with Gasteiger partial charge in [-0.2, -0.15) is 4.98 Å². The van der Waals surface area contributed by atoms with E-state index in [4.69, 9.17) is 38.0 Å². The number of aliphatic hydroxyl groups is 2. The Morgan fingerprint density at radius 1 is 0.786 bits per heavy atom. The van der Waals surface area contributed by atoms with Gasteiger partial charge in [0.15, 0.2) is 0 Å². The first-order valence-corrected chi connectivity index (χ1v) is 19.9. The normalized spacial score (nSPS) is 30.0. The number of H-pyrrole nitrogens is 2. The van der Waals surface area contributed by atoms with E-state index in [1.165, 1.54) is 38.5 Å². The van der Waals surface area contributed by atoms with Crippen molar-refractivity contribution < 1.29 is 61.4 Å². The molecule has 3 saturated heterocycles. The third-order valence-corrected chi connectivity index (χ3v) is 11.2. The first-order chi connectivity index (χ1) is 26.3. The molecule has 0 spiro atoms. The largest absolute Gasteiger partial charge is 0.472 e. The highest BCUT2D eigenvalue weighted by atomic mass is 31.2. The molecule has 3 aromatic rings. The summed E-state index contributed by atoms with van der Waals surface area (Å²) in [6, 6.07) is 1.34. The van der Waals surface area contributed by atoms with E-state index < -0.39 is 119 Å². The Balaban J connectivity index is 1.13. The van der Waals surface area contributed by atoms with Crippen LogP contribution in [0.25, 0.3) is 0 Å². The van der Waals surface area contributed by atoms with Crippen LogP contribution in [0.4, 0.5) is 5.82 Å². The second-order valence-corrected chi connectivity index (χ2v) is 16.0. The average molecular weight is 836 g/mol. The van der Waals surface area contributed by atoms with Crippen LogP contribution in [-0.2, 0) is 41.4 Å². The number of phosphoric ester groups is 2. The first kappa shape index (κ1) is 41.7. The van der Waals surface area contributed by atoms with Gasteiger partial charge in [-0.05, 0) is 19.9 Å². The summed E-state index contributed by atoms with van der Waals surface area (Å²) in [6.07, 6.45) is -8.41. The molecule has 11 atom stereocenters. The summed E-state index contributed by atoms with van der Waals surface area (Å²) in [5.74, 6) is -0.0371. The lowest BCUT2D eigenvalue weighted by Gasteiger charge is -2.24. The van der Waals surface area contributed by atoms with Crippen molar-refractivity contribution in [2.24, 2.45) is 0 Å². The summed E-state index contributed by atoms with van der Waals surface area (Å²) in [4.78, 5) is 90.3. The van der Waals surface area contributed by atoms with Gasteiger partial charge in [0.1, 0.15) is 55.0 Å². The second kappa shape index (κ2) is 16.5. The lowest BCUT2D eigenvalue weighted by molar-refractivity contribution is -0.0619. The van der Waals surface area contributed by atoms with E-state index in [0.717, 1.165) is 13.7 Å². The van der Waals surface area contributed by atoms with Gasteiger partial charge < -0.3 is 39.9 Å². The molecule has 3 aliphatic heterocycles. The molecule has 0 aromatic carbocycles. The van der Waals surface area contributed by atoms with Crippen molar-refractivity contribution in [3.63, 3.8) is 0 Å². The number of aliphatic hydroxyl groups excluding tert-OH is 2. The van der Waals surface area contributed by atoms with E-state index >= 15 is 0 Å². The van der Waals surface area contributed by atoms with Gasteiger partial charge >= 0.3 is 32.7 Å². The van der Waals surface area contributed by atoms with Crippen molar-refractivity contribution in [1.82, 2.24) is 28.7 Å². The number of aromatic nitrogens is 6. The predicted octanol–water partition coefficient (Wildman–Crippen LogP) is -2.24. The molecule has 11 unspecified atom stereocenters. The molecule has 0 bridgehead atoms. The Morgan fingerprint density at radius 2 is 1.25 bits per heavy atom. The monoisotopic (exact) mass is 835 g/mol. The molecule has 3 fully saturated rings. The summed E-state index contributed by atoms with van der Waals surface area (Å²) < 4.78 is 67.5. The van der Waals surface area contributed by atoms with E-state index in [1.807, 2.05) is 0 Å². The first-order valence-electron chi connectivity index (χ1n) is 16.9. The minimum absolute atomic E-state index is 0.0371. The summed E-state index contributed by atoms with van der Waals surface area (Å²) in [5.41, 5.74) is 1.97. The third kappa shape index (κ3) is 9.43. The minimum Gasteiger partial charge on any atom is -0.394 e. The van der Waals surface area contributed by atoms with Gasteiger partial charge in [-0.3, -0.25) is 51.4 Å². The molecule has 6 rings (SSSR count). The Labute approximate surface area is 313 Å². The number of anilines is 1. The lowest BCUT2D eigenvalue weighted by atomic mass is 10.2. The molecule has 27 heteroatoms. The Kier molecular flexibility index (Phi) is 12.3. The smallest absolute Gasteiger partial charge is 0.394 e. The predicted molar refractivity (Wildman–Crippen MR) is 185 cm³/mol. The van der Waals surface area contributed by atoms with Crippen molar-refractivity contribution in [2.75, 3.05) is 25.6 Å². The van der Waals surface area contributed by atoms with E-state index in [-0.39, 0.29) is 36.2 Å². The van der Waals surface area contributed by atoms with Crippen LogP contribution in [0.15, 0.2) is 48.6 Å². The average Bonchev–Trinajstić information content (AvgIpc) is 3.82. The Morgan fingerprint density at radius 3 is 1.77 bits per heavy atom. The number of ether oxygens (including phenoxy) is 3. The van der Waals surface area contributed by atoms with Crippen LogP contribution < -0.4 is 33.9 Å². The molecule has 0 saturated carbocycles. The molecule has 0 radical (unpaired) electrons. The standard InChI is InChI=1S/C29H39N7O18P2/c1-13-8-35(28(42)32-25(13)39)23-6-16(18(10-37)50-23)53-56(46,47)49-12-20-17(7-24(52-20)36-9-14(2)26(40)33-29(36)43)54-55(44,45)48-11-19-15(38)5-22(51-19)34-4-3-21(30)31-27(34)41/h3-4,8-9,15-20,22-24,37-38H,5-7,10-12H2,1-2H3,(H,44,45)(H,46,47)(H2,30,31,41)(H,32,39,42)(H,33,40,43). The Hall–Kier alpha value is -3.94. The van der Waals surface area contributed by atoms with Crippen molar-refractivity contribution in [3.05, 3.63) is 87.9 Å². The van der Waals surface area contributed by atoms with Crippen molar-refractivity contribution in [2.45, 2.75) is 88.4 Å². The van der Waals surface area contributed by atoms with Crippen molar-refractivity contribution >= 4 is 21.5 Å². The summed E-state index contributed by atoms with van der Waals surface area (Å²) in [7, 11) is -10.2. The van der Waals surface area contributed by atoms with Gasteiger partial charge in [-0.25, -0.2) is 23.5 Å². The SMILES string of the molecule is Cc1cn(C2CC(OP(=O)(O)OCC3OC(n4cc(C)c(=O)[nH]c4=O)CC3OP(=O)(O)OCC3OC(n4ccc(N)nc4=O)CC3O)C(CO)O2)c(=O)[nH]c1=O. The molecule has 0 aliphatic carbocycles. The number of nitrogens with one attached hydrogen (secondary N) is 2. The van der Waals surface area contributed by atoms with Gasteiger partial charge in [-0.1, -0.05) is 0 Å². The zero-order chi connectivity index (χ0) is 40.7. The number of hydrogen-bond acceptors (Lipinski definition) is 18. The van der Waals surface area contributed by atoms with Gasteiger partial charge in [0.2, 0.25) is 0 Å². The fourth-order valence-electron chi connectivity index (χ4n) is 6.30. The molecule has 8 N–H and O–H groups in total. The number of aromatic amines is 2. The zero-order valence-electron chi connectivity index (χ0n) is 29.5. The highest BCUT2D eigenvalue weighted by Crippen LogP contribution is 2.51. The molecule has 3 aliphatic rings. The summed E-state index contributed by atoms with van der Waals surface area (Å²) in [6.45, 7) is 0.572. The van der Waals surface area contributed by atoms with Crippen LogP contribution in [0.2, 0.25) is 0 Å². The maximum Gasteiger partial charge on any atom is 0.472 e. The van der Waals surface area contributed by atoms with Crippen LogP contribution in [-0.4, -0.2) is 105 Å². The van der Waals surface area contributed by atoms with Crippen LogP contribution >= 0.6 is 15.6 Å². The molecule has 6 heterocycles. The third-order valence-electron chi connectivity index (χ3n) is 9.16. The van der Waals surface area contributed by atoms with Crippen LogP contribution in [0, 0.1) is 13.8 Å². The van der Waals surface area contributed by atoms with Crippen molar-refractivity contribution in [1.29, 1.82) is 0 Å². The summed E-state index contributed by atoms with van der Waals surface area (Å²) in [5, 5.41) is 20.4. The molecule has 56 heavy (non-hydrogen) atoms. The van der Waals surface area contributed by atoms with Gasteiger partial charge in [-0.15, -0.1) is 0 Å². The van der Waals surface area contributed by atoms with Gasteiger partial charge in [0.25, 0.3) is 11.1 Å². The van der Waals surface area contributed by atoms with E-state index in [1.54, 1.807) is 0 Å². The van der Waals surface area contributed by atoms with E-state index in [2.05, 4.69) is 15.0 Å². The van der Waals surface area contributed by atoms with E-state index in [0.29, 0.717) is 0 Å². The van der Waals surface area contributed by atoms with Crippen molar-refractivity contribution in [3.8, 4) is 0 Å². The number of nitrogens with two attached hydrogens (primary N) is 1. The number of nitrogen functional groups attached to an aromatic ring is 1. The highest BCUT2D eigenvalue weighted by Gasteiger charge is 2.46. The minimum atomic E-state index is -5.09. The highest BCUT2D eigenvalue weighted by molar-refractivity contribution is 7.47. The number of hydrogen-bond donors (Lipinski definition) is 7. The number of aryl methyl sites for hydroxylation is 2. The second-order valence-electron chi connectivity index (χ2n) is 13.2. The topological polar surface area (TPSA) is 350 Å². The Bertz CT molecular complexity index is 2330. The lowest BCUT2D eigenvalue weighted by Crippen LogP contribution is -2.33. The molecule has 0 amide bonds.